The molecule has 0 heterocycles. The second-order valence-electron chi connectivity index (χ2n) is 1.72. The first kappa shape index (κ1) is 8.40. The third-order valence-corrected chi connectivity index (χ3v) is 0.852. The van der Waals surface area contributed by atoms with Gasteiger partial charge in [-0.3, -0.25) is 5.26 Å². The number of hydrogen-bond acceptors (Lipinski definition) is 2. The summed E-state index contributed by atoms with van der Waals surface area (Å²) in [5.41, 5.74) is 0. The molecule has 0 aliphatic rings. The third-order valence-electron chi connectivity index (χ3n) is 0.852. The van der Waals surface area contributed by atoms with E-state index in [0.29, 0.717) is 0 Å². The normalized spacial score (nSPS) is 15.4. The van der Waals surface area contributed by atoms with Crippen molar-refractivity contribution >= 4 is 0 Å². The minimum Gasteiger partial charge on any atom is -0.251 e. The van der Waals surface area contributed by atoms with Crippen LogP contribution < -0.4 is 0 Å². The van der Waals surface area contributed by atoms with Crippen LogP contribution >= 0.6 is 0 Å². The van der Waals surface area contributed by atoms with Crippen LogP contribution in [0.3, 0.4) is 0 Å². The molecule has 0 saturated carbocycles. The fourth-order valence-electron chi connectivity index (χ4n) is 0.367. The van der Waals surface area contributed by atoms with E-state index in [1.165, 1.54) is 0 Å². The molecule has 9 heavy (non-hydrogen) atoms. The lowest BCUT2D eigenvalue weighted by atomic mass is 10.3. The van der Waals surface area contributed by atoms with Crippen LogP contribution in [0.15, 0.2) is 24.3 Å². The van der Waals surface area contributed by atoms with Gasteiger partial charge in [-0.05, 0) is 13.8 Å². The van der Waals surface area contributed by atoms with Gasteiger partial charge in [0.15, 0.2) is 0 Å². The third kappa shape index (κ3) is 5.27. The zero-order valence-electron chi connectivity index (χ0n) is 5.74. The monoisotopic (exact) mass is 128 g/mol. The molecule has 0 amide bonds. The van der Waals surface area contributed by atoms with Crippen molar-refractivity contribution in [2.75, 3.05) is 0 Å². The van der Waals surface area contributed by atoms with Gasteiger partial charge >= 0.3 is 0 Å². The van der Waals surface area contributed by atoms with Crippen molar-refractivity contribution in [1.82, 2.24) is 0 Å². The molecule has 0 aromatic heterocycles. The van der Waals surface area contributed by atoms with Gasteiger partial charge in [0.25, 0.3) is 0 Å². The summed E-state index contributed by atoms with van der Waals surface area (Å²) in [7, 11) is 0. The van der Waals surface area contributed by atoms with Crippen molar-refractivity contribution in [2.45, 2.75) is 20.0 Å². The van der Waals surface area contributed by atoms with Gasteiger partial charge in [-0.15, -0.1) is 0 Å². The maximum absolute atomic E-state index is 8.06. The fourth-order valence-corrected chi connectivity index (χ4v) is 0.367. The molecular formula is C7H12O2. The van der Waals surface area contributed by atoms with Crippen molar-refractivity contribution in [2.24, 2.45) is 0 Å². The summed E-state index contributed by atoms with van der Waals surface area (Å²) in [5, 5.41) is 8.06. The van der Waals surface area contributed by atoms with E-state index in [0.717, 1.165) is 0 Å². The topological polar surface area (TPSA) is 29.5 Å². The molecule has 1 atom stereocenters. The molecule has 0 aromatic carbocycles. The summed E-state index contributed by atoms with van der Waals surface area (Å²) in [6, 6.07) is 0. The molecule has 1 unspecified atom stereocenters. The molecule has 2 nitrogen and oxygen atoms in total. The smallest absolute Gasteiger partial charge is 0.108 e. The van der Waals surface area contributed by atoms with E-state index in [4.69, 9.17) is 5.26 Å². The predicted molar refractivity (Wildman–Crippen MR) is 37.1 cm³/mol. The van der Waals surface area contributed by atoms with Crippen LogP contribution in [0, 0.1) is 0 Å². The van der Waals surface area contributed by atoms with Crippen LogP contribution in [0.2, 0.25) is 0 Å². The Bertz CT molecular complexity index is 105. The Kier molecular flexibility index (Phi) is 5.17. The second kappa shape index (κ2) is 5.54. The van der Waals surface area contributed by atoms with Crippen LogP contribution in [0.5, 0.6) is 0 Å². The van der Waals surface area contributed by atoms with Gasteiger partial charge in [0.1, 0.15) is 6.10 Å². The fraction of sp³-hybridized carbons (Fsp3) is 0.429. The molecule has 0 aliphatic heterocycles. The Balaban J connectivity index is 3.43. The van der Waals surface area contributed by atoms with E-state index in [2.05, 4.69) is 4.89 Å². The Hall–Kier alpha value is -0.600. The Morgan fingerprint density at radius 3 is 2.56 bits per heavy atom. The summed E-state index contributed by atoms with van der Waals surface area (Å²) < 4.78 is 0. The van der Waals surface area contributed by atoms with Gasteiger partial charge in [0.05, 0.1) is 0 Å². The highest BCUT2D eigenvalue weighted by Gasteiger charge is 1.88. The maximum Gasteiger partial charge on any atom is 0.108 e. The van der Waals surface area contributed by atoms with Crippen molar-refractivity contribution in [3.8, 4) is 0 Å². The molecule has 2 heteroatoms. The van der Waals surface area contributed by atoms with Crippen molar-refractivity contribution in [1.29, 1.82) is 0 Å². The minimum absolute atomic E-state index is 0.221. The quantitative estimate of drug-likeness (QED) is 0.358. The molecule has 0 aromatic rings. The first-order valence-corrected chi connectivity index (χ1v) is 2.91. The van der Waals surface area contributed by atoms with E-state index in [-0.39, 0.29) is 6.10 Å². The Morgan fingerprint density at radius 2 is 2.11 bits per heavy atom. The van der Waals surface area contributed by atoms with Crippen LogP contribution in [-0.4, -0.2) is 11.4 Å². The van der Waals surface area contributed by atoms with Crippen LogP contribution in [0.1, 0.15) is 13.8 Å². The maximum atomic E-state index is 8.06. The molecule has 0 radical (unpaired) electrons. The standard InChI is InChI=1S/C7H12O2/c1-3-4-5-6-7(2)9-8/h3-8H,1-2H3. The molecular weight excluding hydrogens is 116 g/mol. The second-order valence-corrected chi connectivity index (χ2v) is 1.72. The highest BCUT2D eigenvalue weighted by molar-refractivity contribution is 5.02. The molecule has 0 bridgehead atoms. The number of hydrogen-bond donors (Lipinski definition) is 1. The van der Waals surface area contributed by atoms with Gasteiger partial charge in [-0.25, -0.2) is 4.89 Å². The minimum atomic E-state index is -0.221. The first-order chi connectivity index (χ1) is 4.31. The van der Waals surface area contributed by atoms with Gasteiger partial charge in [-0.1, -0.05) is 24.3 Å². The molecule has 0 fully saturated rings. The Morgan fingerprint density at radius 1 is 1.44 bits per heavy atom. The average Bonchev–Trinajstić information content (AvgIpc) is 1.89. The first-order valence-electron chi connectivity index (χ1n) is 2.91. The van der Waals surface area contributed by atoms with Crippen LogP contribution in [0.4, 0.5) is 0 Å². The highest BCUT2D eigenvalue weighted by atomic mass is 17.1. The van der Waals surface area contributed by atoms with Crippen molar-refractivity contribution < 1.29 is 10.1 Å². The molecule has 0 saturated heterocycles. The number of allylic oxidation sites excluding steroid dienone is 3. The van der Waals surface area contributed by atoms with Gasteiger partial charge < -0.3 is 0 Å². The lowest BCUT2D eigenvalue weighted by Crippen LogP contribution is -1.98. The van der Waals surface area contributed by atoms with E-state index < -0.39 is 0 Å². The summed E-state index contributed by atoms with van der Waals surface area (Å²) in [6.45, 7) is 3.68. The van der Waals surface area contributed by atoms with Crippen molar-refractivity contribution in [3.63, 3.8) is 0 Å². The van der Waals surface area contributed by atoms with E-state index in [1.807, 2.05) is 25.2 Å². The largest absolute Gasteiger partial charge is 0.251 e. The summed E-state index contributed by atoms with van der Waals surface area (Å²) >= 11 is 0. The molecule has 0 spiro atoms. The summed E-state index contributed by atoms with van der Waals surface area (Å²) in [5.74, 6) is 0. The molecule has 0 rings (SSSR count). The lowest BCUT2D eigenvalue weighted by Gasteiger charge is -1.96. The van der Waals surface area contributed by atoms with E-state index in [1.54, 1.807) is 13.0 Å². The molecule has 1 N–H and O–H groups in total. The van der Waals surface area contributed by atoms with Crippen LogP contribution in [0.25, 0.3) is 0 Å². The average molecular weight is 128 g/mol. The lowest BCUT2D eigenvalue weighted by molar-refractivity contribution is -0.261. The SMILES string of the molecule is CC=CC=CC(C)OO. The zero-order valence-corrected chi connectivity index (χ0v) is 5.74. The Labute approximate surface area is 55.4 Å². The van der Waals surface area contributed by atoms with E-state index in [9.17, 15) is 0 Å². The number of rotatable bonds is 3. The molecule has 0 aliphatic carbocycles. The van der Waals surface area contributed by atoms with Crippen molar-refractivity contribution in [3.05, 3.63) is 24.3 Å². The zero-order chi connectivity index (χ0) is 7.11. The van der Waals surface area contributed by atoms with E-state index >= 15 is 0 Å². The highest BCUT2D eigenvalue weighted by Crippen LogP contribution is 1.88. The van der Waals surface area contributed by atoms with Crippen LogP contribution in [-0.2, 0) is 4.89 Å². The summed E-state index contributed by atoms with van der Waals surface area (Å²) in [6.07, 6.45) is 7.12. The van der Waals surface area contributed by atoms with Gasteiger partial charge in [0.2, 0.25) is 0 Å². The van der Waals surface area contributed by atoms with Gasteiger partial charge in [-0.2, -0.15) is 0 Å². The molecule has 52 valence electrons. The van der Waals surface area contributed by atoms with Gasteiger partial charge in [0, 0.05) is 0 Å². The summed E-state index contributed by atoms with van der Waals surface area (Å²) in [4.78, 5) is 3.98. The predicted octanol–water partition coefficient (Wildman–Crippen LogP) is 2.00.